The van der Waals surface area contributed by atoms with Crippen LogP contribution in [0.3, 0.4) is 0 Å². The van der Waals surface area contributed by atoms with Crippen molar-refractivity contribution in [3.8, 4) is 11.5 Å². The lowest BCUT2D eigenvalue weighted by Gasteiger charge is -2.31. The summed E-state index contributed by atoms with van der Waals surface area (Å²) in [4.78, 5) is 19.3. The summed E-state index contributed by atoms with van der Waals surface area (Å²) in [7, 11) is 3.13. The highest BCUT2D eigenvalue weighted by molar-refractivity contribution is 6.03. The summed E-state index contributed by atoms with van der Waals surface area (Å²) in [6.07, 6.45) is 3.83. The van der Waals surface area contributed by atoms with Crippen molar-refractivity contribution < 1.29 is 14.3 Å². The molecular formula is C23H23N3O3. The van der Waals surface area contributed by atoms with Crippen LogP contribution < -0.4 is 19.7 Å². The average molecular weight is 389 g/mol. The molecule has 0 aliphatic carbocycles. The molecule has 6 heteroatoms. The lowest BCUT2D eigenvalue weighted by molar-refractivity contribution is 0.102. The van der Waals surface area contributed by atoms with Gasteiger partial charge in [0.25, 0.3) is 5.91 Å². The number of hydrogen-bond donors (Lipinski definition) is 1. The largest absolute Gasteiger partial charge is 0.493 e. The molecule has 1 N–H and O–H groups in total. The highest BCUT2D eigenvalue weighted by Gasteiger charge is 2.19. The van der Waals surface area contributed by atoms with Gasteiger partial charge in [0.1, 0.15) is 5.69 Å². The van der Waals surface area contributed by atoms with Gasteiger partial charge in [-0.25, -0.2) is 0 Å². The van der Waals surface area contributed by atoms with Crippen LogP contribution in [0.2, 0.25) is 0 Å². The van der Waals surface area contributed by atoms with E-state index in [9.17, 15) is 4.79 Å². The molecule has 1 aliphatic rings. The Kier molecular flexibility index (Phi) is 5.33. The first kappa shape index (κ1) is 18.8. The van der Waals surface area contributed by atoms with Crippen molar-refractivity contribution in [3.63, 3.8) is 0 Å². The number of fused-ring (bicyclic) bond motifs is 1. The first-order valence-corrected chi connectivity index (χ1v) is 9.54. The third kappa shape index (κ3) is 3.87. The highest BCUT2D eigenvalue weighted by atomic mass is 16.5. The zero-order valence-electron chi connectivity index (χ0n) is 16.5. The summed E-state index contributed by atoms with van der Waals surface area (Å²) < 4.78 is 10.5. The van der Waals surface area contributed by atoms with Gasteiger partial charge in [-0.2, -0.15) is 0 Å². The highest BCUT2D eigenvalue weighted by Crippen LogP contribution is 2.33. The van der Waals surface area contributed by atoms with Crippen molar-refractivity contribution in [2.75, 3.05) is 31.0 Å². The quantitative estimate of drug-likeness (QED) is 0.699. The molecule has 1 aromatic heterocycles. The Labute approximate surface area is 170 Å². The van der Waals surface area contributed by atoms with Crippen LogP contribution in [-0.2, 0) is 6.42 Å². The van der Waals surface area contributed by atoms with Gasteiger partial charge >= 0.3 is 0 Å². The van der Waals surface area contributed by atoms with Gasteiger partial charge in [0.15, 0.2) is 11.5 Å². The van der Waals surface area contributed by atoms with E-state index < -0.39 is 0 Å². The van der Waals surface area contributed by atoms with Crippen LogP contribution in [0, 0.1) is 0 Å². The fraction of sp³-hybridized carbons (Fsp3) is 0.217. The van der Waals surface area contributed by atoms with Gasteiger partial charge in [0, 0.05) is 35.9 Å². The molecule has 1 aliphatic heterocycles. The van der Waals surface area contributed by atoms with Crippen molar-refractivity contribution in [3.05, 3.63) is 72.1 Å². The topological polar surface area (TPSA) is 63.7 Å². The first-order valence-electron chi connectivity index (χ1n) is 9.54. The van der Waals surface area contributed by atoms with Gasteiger partial charge in [-0.3, -0.25) is 9.78 Å². The number of amides is 1. The number of hydrogen-bond acceptors (Lipinski definition) is 5. The number of aryl methyl sites for hydroxylation is 1. The molecule has 6 nitrogen and oxygen atoms in total. The molecule has 0 radical (unpaired) electrons. The van der Waals surface area contributed by atoms with Crippen molar-refractivity contribution in [2.45, 2.75) is 12.8 Å². The number of aromatic nitrogens is 1. The second kappa shape index (κ2) is 8.22. The van der Waals surface area contributed by atoms with E-state index in [2.05, 4.69) is 33.4 Å². The number of para-hydroxylation sites is 1. The maximum Gasteiger partial charge on any atom is 0.274 e. The molecule has 3 aromatic rings. The number of nitrogens with one attached hydrogen (secondary N) is 1. The van der Waals surface area contributed by atoms with Gasteiger partial charge in [0.2, 0.25) is 0 Å². The third-order valence-corrected chi connectivity index (χ3v) is 5.04. The predicted molar refractivity (Wildman–Crippen MR) is 114 cm³/mol. The van der Waals surface area contributed by atoms with Gasteiger partial charge < -0.3 is 19.7 Å². The summed E-state index contributed by atoms with van der Waals surface area (Å²) in [5.74, 6) is 0.885. The molecule has 0 atom stereocenters. The zero-order valence-corrected chi connectivity index (χ0v) is 16.5. The van der Waals surface area contributed by atoms with E-state index >= 15 is 0 Å². The Bertz CT molecular complexity index is 1040. The number of pyridine rings is 1. The molecule has 0 saturated heterocycles. The zero-order chi connectivity index (χ0) is 20.2. The first-order chi connectivity index (χ1) is 14.2. The number of anilines is 3. The van der Waals surface area contributed by atoms with Crippen LogP contribution in [0.1, 0.15) is 22.5 Å². The second-order valence-electron chi connectivity index (χ2n) is 6.81. The standard InChI is InChI=1S/C23H23N3O3/c1-28-21-10-9-17(14-22(21)29-2)25-23(27)19-15-18(11-12-24-19)26-13-5-7-16-6-3-4-8-20(16)26/h3-4,6,8-12,14-15H,5,7,13H2,1-2H3,(H,25,27). The molecular weight excluding hydrogens is 366 g/mol. The molecule has 29 heavy (non-hydrogen) atoms. The fourth-order valence-electron chi connectivity index (χ4n) is 3.62. The lowest BCUT2D eigenvalue weighted by Crippen LogP contribution is -2.25. The maximum atomic E-state index is 12.8. The summed E-state index contributed by atoms with van der Waals surface area (Å²) in [6.45, 7) is 0.914. The van der Waals surface area contributed by atoms with E-state index in [0.717, 1.165) is 25.1 Å². The monoisotopic (exact) mass is 389 g/mol. The van der Waals surface area contributed by atoms with Gasteiger partial charge in [-0.15, -0.1) is 0 Å². The van der Waals surface area contributed by atoms with E-state index in [1.54, 1.807) is 38.6 Å². The smallest absolute Gasteiger partial charge is 0.274 e. The van der Waals surface area contributed by atoms with Crippen LogP contribution in [-0.4, -0.2) is 31.7 Å². The van der Waals surface area contributed by atoms with Crippen molar-refractivity contribution in [1.29, 1.82) is 0 Å². The lowest BCUT2D eigenvalue weighted by atomic mass is 10.0. The minimum Gasteiger partial charge on any atom is -0.493 e. The Morgan fingerprint density at radius 1 is 1.03 bits per heavy atom. The average Bonchev–Trinajstić information content (AvgIpc) is 2.78. The normalized spacial score (nSPS) is 12.8. The Morgan fingerprint density at radius 3 is 2.69 bits per heavy atom. The van der Waals surface area contributed by atoms with Crippen molar-refractivity contribution in [2.24, 2.45) is 0 Å². The van der Waals surface area contributed by atoms with E-state index in [1.165, 1.54) is 11.3 Å². The van der Waals surface area contributed by atoms with Crippen LogP contribution >= 0.6 is 0 Å². The summed E-state index contributed by atoms with van der Waals surface area (Å²) in [5, 5.41) is 2.88. The van der Waals surface area contributed by atoms with Crippen LogP contribution in [0.25, 0.3) is 0 Å². The fourth-order valence-corrected chi connectivity index (χ4v) is 3.62. The van der Waals surface area contributed by atoms with Crippen molar-refractivity contribution >= 4 is 23.0 Å². The van der Waals surface area contributed by atoms with Gasteiger partial charge in [0.05, 0.1) is 14.2 Å². The molecule has 0 saturated carbocycles. The second-order valence-corrected chi connectivity index (χ2v) is 6.81. The number of methoxy groups -OCH3 is 2. The van der Waals surface area contributed by atoms with E-state index in [4.69, 9.17) is 9.47 Å². The number of carbonyl (C=O) groups excluding carboxylic acids is 1. The Hall–Kier alpha value is -3.54. The summed E-state index contributed by atoms with van der Waals surface area (Å²) in [6, 6.07) is 17.4. The Morgan fingerprint density at radius 2 is 1.86 bits per heavy atom. The van der Waals surface area contributed by atoms with Crippen molar-refractivity contribution in [1.82, 2.24) is 4.98 Å². The summed E-state index contributed by atoms with van der Waals surface area (Å²) in [5.41, 5.74) is 4.45. The van der Waals surface area contributed by atoms with E-state index in [-0.39, 0.29) is 5.91 Å². The molecule has 1 amide bonds. The van der Waals surface area contributed by atoms with E-state index in [1.807, 2.05) is 18.2 Å². The summed E-state index contributed by atoms with van der Waals surface area (Å²) >= 11 is 0. The molecule has 0 bridgehead atoms. The van der Waals surface area contributed by atoms with Crippen LogP contribution in [0.4, 0.5) is 17.1 Å². The molecule has 0 fully saturated rings. The van der Waals surface area contributed by atoms with E-state index in [0.29, 0.717) is 22.9 Å². The molecule has 2 heterocycles. The predicted octanol–water partition coefficient (Wildman–Crippen LogP) is 4.44. The number of benzene rings is 2. The molecule has 0 unspecified atom stereocenters. The molecule has 2 aromatic carbocycles. The number of carbonyl (C=O) groups is 1. The number of nitrogens with zero attached hydrogens (tertiary/aromatic N) is 2. The number of rotatable bonds is 5. The molecule has 148 valence electrons. The minimum atomic E-state index is -0.274. The van der Waals surface area contributed by atoms with Gasteiger partial charge in [-0.1, -0.05) is 18.2 Å². The minimum absolute atomic E-state index is 0.274. The Balaban J connectivity index is 1.57. The molecule has 0 spiro atoms. The molecule has 4 rings (SSSR count). The van der Waals surface area contributed by atoms with Crippen LogP contribution in [0.5, 0.6) is 11.5 Å². The van der Waals surface area contributed by atoms with Gasteiger partial charge in [-0.05, 0) is 48.7 Å². The maximum absolute atomic E-state index is 12.8. The number of ether oxygens (including phenoxy) is 2. The SMILES string of the molecule is COc1ccc(NC(=O)c2cc(N3CCCc4ccccc43)ccn2)cc1OC. The third-order valence-electron chi connectivity index (χ3n) is 5.04. The van der Waals surface area contributed by atoms with Crippen LogP contribution in [0.15, 0.2) is 60.8 Å².